The largest absolute Gasteiger partial charge is 0.268 e. The van der Waals surface area contributed by atoms with Crippen molar-refractivity contribution in [1.29, 1.82) is 0 Å². The number of rotatable bonds is 3. The summed E-state index contributed by atoms with van der Waals surface area (Å²) in [6.07, 6.45) is 0. The average molecular weight is 350 g/mol. The fraction of sp³-hybridized carbons (Fsp3) is 0.111. The molecule has 2 aromatic rings. The van der Waals surface area contributed by atoms with Crippen LogP contribution in [0.4, 0.5) is 5.82 Å². The topological polar surface area (TPSA) is 91.9 Å². The predicted molar refractivity (Wildman–Crippen MR) is 72.4 cm³/mol. The van der Waals surface area contributed by atoms with Gasteiger partial charge in [0.05, 0.1) is 3.79 Å². The monoisotopic (exact) mass is 349 g/mol. The third kappa shape index (κ3) is 2.79. The van der Waals surface area contributed by atoms with Crippen LogP contribution in [0.25, 0.3) is 0 Å². The van der Waals surface area contributed by atoms with Crippen LogP contribution < -0.4 is 10.3 Å². The van der Waals surface area contributed by atoms with Crippen LogP contribution in [0.2, 0.25) is 0 Å². The molecule has 0 saturated heterocycles. The highest BCUT2D eigenvalue weighted by molar-refractivity contribution is 9.11. The van der Waals surface area contributed by atoms with Gasteiger partial charge in [-0.2, -0.15) is 5.10 Å². The van der Waals surface area contributed by atoms with Crippen molar-refractivity contribution in [3.05, 3.63) is 37.2 Å². The van der Waals surface area contributed by atoms with E-state index in [1.807, 2.05) is 0 Å². The molecule has 0 unspecified atom stereocenters. The Bertz CT molecular complexity index is 715. The molecule has 0 saturated carbocycles. The molecule has 2 rings (SSSR count). The molecule has 0 aliphatic rings. The number of aryl methyl sites for hydroxylation is 1. The Hall–Kier alpha value is -1.19. The van der Waals surface area contributed by atoms with Crippen LogP contribution in [-0.4, -0.2) is 18.6 Å². The van der Waals surface area contributed by atoms with Crippen molar-refractivity contribution in [1.82, 2.24) is 10.2 Å². The van der Waals surface area contributed by atoms with E-state index in [-0.39, 0.29) is 10.7 Å². The normalized spacial score (nSPS) is 11.4. The van der Waals surface area contributed by atoms with Crippen molar-refractivity contribution >= 4 is 43.1 Å². The van der Waals surface area contributed by atoms with Crippen molar-refractivity contribution in [2.24, 2.45) is 0 Å². The number of aromatic nitrogens is 2. The number of aromatic amines is 1. The molecule has 9 heteroatoms. The Balaban J connectivity index is 2.35. The van der Waals surface area contributed by atoms with Crippen LogP contribution >= 0.6 is 27.3 Å². The van der Waals surface area contributed by atoms with Crippen molar-refractivity contribution in [2.75, 3.05) is 4.72 Å². The maximum atomic E-state index is 12.1. The average Bonchev–Trinajstić information content (AvgIpc) is 2.62. The van der Waals surface area contributed by atoms with Crippen LogP contribution in [0, 0.1) is 6.92 Å². The number of nitrogens with zero attached hydrogens (tertiary/aromatic N) is 1. The zero-order chi connectivity index (χ0) is 13.3. The van der Waals surface area contributed by atoms with Gasteiger partial charge >= 0.3 is 0 Å². The van der Waals surface area contributed by atoms with E-state index in [2.05, 4.69) is 30.8 Å². The molecule has 2 N–H and O–H groups in total. The Labute approximate surface area is 115 Å². The number of hydrogen-bond donors (Lipinski definition) is 2. The molecule has 2 heterocycles. The molecule has 96 valence electrons. The van der Waals surface area contributed by atoms with Crippen LogP contribution in [0.15, 0.2) is 31.7 Å². The first-order chi connectivity index (χ1) is 8.38. The number of halogens is 1. The summed E-state index contributed by atoms with van der Waals surface area (Å²) >= 11 is 4.56. The Morgan fingerprint density at radius 3 is 2.67 bits per heavy atom. The minimum atomic E-state index is -3.69. The summed E-state index contributed by atoms with van der Waals surface area (Å²) in [6.45, 7) is 1.71. The fourth-order valence-corrected chi connectivity index (χ4v) is 4.71. The van der Waals surface area contributed by atoms with Crippen molar-refractivity contribution in [3.63, 3.8) is 0 Å². The smallest absolute Gasteiger partial charge is 0.264 e. The van der Waals surface area contributed by atoms with E-state index in [0.29, 0.717) is 4.88 Å². The number of thiophene rings is 1. The molecule has 0 radical (unpaired) electrons. The molecule has 0 aliphatic heterocycles. The molecule has 2 aromatic heterocycles. The summed E-state index contributed by atoms with van der Waals surface area (Å²) in [5.41, 5.74) is -0.396. The second-order valence-electron chi connectivity index (χ2n) is 3.38. The first kappa shape index (κ1) is 13.2. The lowest BCUT2D eigenvalue weighted by atomic mass is 10.5. The van der Waals surface area contributed by atoms with Gasteiger partial charge in [0.15, 0.2) is 5.82 Å². The molecule has 0 aliphatic carbocycles. The van der Waals surface area contributed by atoms with Gasteiger partial charge < -0.3 is 0 Å². The van der Waals surface area contributed by atoms with E-state index in [9.17, 15) is 13.2 Å². The minimum absolute atomic E-state index is 0.0660. The lowest BCUT2D eigenvalue weighted by Gasteiger charge is -2.05. The predicted octanol–water partition coefficient (Wildman–Crippen LogP) is 1.70. The van der Waals surface area contributed by atoms with Gasteiger partial charge in [-0.15, -0.1) is 11.3 Å². The highest BCUT2D eigenvalue weighted by atomic mass is 79.9. The van der Waals surface area contributed by atoms with Gasteiger partial charge in [-0.05, 0) is 35.0 Å². The van der Waals surface area contributed by atoms with Crippen molar-refractivity contribution in [3.8, 4) is 0 Å². The molecule has 0 bridgehead atoms. The SMILES string of the molecule is Cc1sc(Br)cc1S(=O)(=O)Nc1ccc(=O)[nH]n1. The zero-order valence-corrected chi connectivity index (χ0v) is 12.3. The third-order valence-electron chi connectivity index (χ3n) is 2.05. The summed E-state index contributed by atoms with van der Waals surface area (Å²) in [4.78, 5) is 11.7. The molecule has 0 atom stereocenters. The van der Waals surface area contributed by atoms with E-state index >= 15 is 0 Å². The van der Waals surface area contributed by atoms with Gasteiger partial charge in [-0.25, -0.2) is 13.5 Å². The van der Waals surface area contributed by atoms with Crippen molar-refractivity contribution < 1.29 is 8.42 Å². The van der Waals surface area contributed by atoms with E-state index in [1.54, 1.807) is 6.92 Å². The van der Waals surface area contributed by atoms with E-state index in [1.165, 1.54) is 29.5 Å². The third-order valence-corrected chi connectivity index (χ3v) is 5.21. The lowest BCUT2D eigenvalue weighted by molar-refractivity contribution is 0.600. The standard InChI is InChI=1S/C9H8BrN3O3S2/c1-5-6(4-7(10)17-5)18(15,16)13-8-2-3-9(14)12-11-8/h2-4H,1H3,(H,11,13)(H,12,14). The number of nitrogens with one attached hydrogen (secondary N) is 2. The number of sulfonamides is 1. The number of hydrogen-bond acceptors (Lipinski definition) is 5. The van der Waals surface area contributed by atoms with Crippen molar-refractivity contribution in [2.45, 2.75) is 11.8 Å². The zero-order valence-electron chi connectivity index (χ0n) is 9.10. The van der Waals surface area contributed by atoms with Gasteiger partial charge in [-0.1, -0.05) is 0 Å². The number of H-pyrrole nitrogens is 1. The number of anilines is 1. The fourth-order valence-electron chi connectivity index (χ4n) is 1.29. The molecule has 0 amide bonds. The second kappa shape index (κ2) is 4.82. The van der Waals surface area contributed by atoms with Gasteiger partial charge in [0.1, 0.15) is 4.90 Å². The Morgan fingerprint density at radius 1 is 1.44 bits per heavy atom. The van der Waals surface area contributed by atoms with Gasteiger partial charge in [0.25, 0.3) is 15.6 Å². The maximum Gasteiger partial charge on any atom is 0.264 e. The van der Waals surface area contributed by atoms with E-state index in [4.69, 9.17) is 0 Å². The maximum absolute atomic E-state index is 12.1. The summed E-state index contributed by atoms with van der Waals surface area (Å²) in [5, 5.41) is 5.74. The van der Waals surface area contributed by atoms with Gasteiger partial charge in [0.2, 0.25) is 0 Å². The second-order valence-corrected chi connectivity index (χ2v) is 7.67. The molecular weight excluding hydrogens is 342 g/mol. The highest BCUT2D eigenvalue weighted by Gasteiger charge is 2.20. The van der Waals surface area contributed by atoms with Crippen LogP contribution in [-0.2, 0) is 10.0 Å². The van der Waals surface area contributed by atoms with Crippen LogP contribution in [0.3, 0.4) is 0 Å². The highest BCUT2D eigenvalue weighted by Crippen LogP contribution is 2.30. The molecule has 0 aromatic carbocycles. The minimum Gasteiger partial charge on any atom is -0.268 e. The van der Waals surface area contributed by atoms with Gasteiger partial charge in [-0.3, -0.25) is 9.52 Å². The Kier molecular flexibility index (Phi) is 3.55. The first-order valence-electron chi connectivity index (χ1n) is 4.73. The lowest BCUT2D eigenvalue weighted by Crippen LogP contribution is -2.16. The van der Waals surface area contributed by atoms with Gasteiger partial charge in [0, 0.05) is 10.9 Å². The summed E-state index contributed by atoms with van der Waals surface area (Å²) < 4.78 is 27.2. The molecular formula is C9H8BrN3O3S2. The molecule has 18 heavy (non-hydrogen) atoms. The summed E-state index contributed by atoms with van der Waals surface area (Å²) in [7, 11) is -3.69. The summed E-state index contributed by atoms with van der Waals surface area (Å²) in [5.74, 6) is 0.0660. The van der Waals surface area contributed by atoms with E-state index < -0.39 is 15.6 Å². The molecule has 0 spiro atoms. The quantitative estimate of drug-likeness (QED) is 0.881. The first-order valence-corrected chi connectivity index (χ1v) is 7.82. The summed E-state index contributed by atoms with van der Waals surface area (Å²) in [6, 6.07) is 4.02. The Morgan fingerprint density at radius 2 is 2.17 bits per heavy atom. The van der Waals surface area contributed by atoms with Crippen LogP contribution in [0.1, 0.15) is 4.88 Å². The van der Waals surface area contributed by atoms with Crippen LogP contribution in [0.5, 0.6) is 0 Å². The molecule has 6 nitrogen and oxygen atoms in total. The molecule has 0 fully saturated rings. The van der Waals surface area contributed by atoms with E-state index in [0.717, 1.165) is 3.79 Å².